The quantitative estimate of drug-likeness (QED) is 0.481. The van der Waals surface area contributed by atoms with E-state index >= 15 is 0 Å². The molecule has 1 aliphatic carbocycles. The molecule has 1 aliphatic rings. The van der Waals surface area contributed by atoms with Crippen molar-refractivity contribution in [2.24, 2.45) is 0 Å². The number of hydrogen-bond acceptors (Lipinski definition) is 1. The minimum atomic E-state index is 0.488. The smallest absolute Gasteiger partial charge is 0.0484 e. The molecular weight excluding hydrogens is 90.1 g/mol. The van der Waals surface area contributed by atoms with E-state index in [4.69, 9.17) is 5.84 Å². The Morgan fingerprint density at radius 2 is 2.29 bits per heavy atom. The molecular formula is C4H9N3-2. The highest BCUT2D eigenvalue weighted by Gasteiger charge is 2.08. The Hall–Kier alpha value is -0.120. The van der Waals surface area contributed by atoms with Crippen LogP contribution in [0.2, 0.25) is 0 Å². The molecule has 0 aromatic heterocycles. The maximum Gasteiger partial charge on any atom is -0.0484 e. The first-order valence-corrected chi connectivity index (χ1v) is 2.45. The summed E-state index contributed by atoms with van der Waals surface area (Å²) in [6, 6.07) is 0.488. The van der Waals surface area contributed by atoms with Crippen LogP contribution in [0.3, 0.4) is 0 Å². The summed E-state index contributed by atoms with van der Waals surface area (Å²) in [4.78, 5) is 0. The molecule has 7 heavy (non-hydrogen) atoms. The Bertz CT molecular complexity index is 58.0. The van der Waals surface area contributed by atoms with E-state index in [0.717, 1.165) is 5.12 Å². The van der Waals surface area contributed by atoms with Gasteiger partial charge >= 0.3 is 0 Å². The lowest BCUT2D eigenvalue weighted by atomic mass is 10.8. The van der Waals surface area contributed by atoms with Crippen LogP contribution in [0.15, 0.2) is 0 Å². The Morgan fingerprint density at radius 3 is 2.43 bits per heavy atom. The van der Waals surface area contributed by atoms with E-state index in [1.807, 2.05) is 0 Å². The fourth-order valence-corrected chi connectivity index (χ4v) is 0.435. The van der Waals surface area contributed by atoms with Crippen molar-refractivity contribution in [2.45, 2.75) is 18.9 Å². The van der Waals surface area contributed by atoms with E-state index in [1.54, 1.807) is 7.05 Å². The summed E-state index contributed by atoms with van der Waals surface area (Å²) in [5, 5.41) is 1.14. The molecule has 3 heteroatoms. The monoisotopic (exact) mass is 99.1 g/mol. The minimum Gasteiger partial charge on any atom is -0.629 e. The lowest BCUT2D eigenvalue weighted by Gasteiger charge is -2.38. The van der Waals surface area contributed by atoms with E-state index in [-0.39, 0.29) is 0 Å². The first-order chi connectivity index (χ1) is 3.29. The van der Waals surface area contributed by atoms with Gasteiger partial charge in [-0.15, -0.1) is 6.04 Å². The molecule has 0 spiro atoms. The van der Waals surface area contributed by atoms with E-state index in [1.165, 1.54) is 12.8 Å². The van der Waals surface area contributed by atoms with Gasteiger partial charge in [0.1, 0.15) is 0 Å². The zero-order valence-electron chi connectivity index (χ0n) is 4.39. The van der Waals surface area contributed by atoms with Crippen molar-refractivity contribution in [2.75, 3.05) is 7.05 Å². The Morgan fingerprint density at radius 1 is 1.71 bits per heavy atom. The van der Waals surface area contributed by atoms with Crippen LogP contribution in [0, 0.1) is 0 Å². The van der Waals surface area contributed by atoms with Gasteiger partial charge < -0.3 is 16.4 Å². The fourth-order valence-electron chi connectivity index (χ4n) is 0.435. The lowest BCUT2D eigenvalue weighted by molar-refractivity contribution is 0.558. The molecule has 1 fully saturated rings. The lowest BCUT2D eigenvalue weighted by Crippen LogP contribution is -2.00. The van der Waals surface area contributed by atoms with Crippen LogP contribution in [0.4, 0.5) is 0 Å². The van der Waals surface area contributed by atoms with E-state index in [9.17, 15) is 0 Å². The Kier molecular flexibility index (Phi) is 1.27. The molecule has 42 valence electrons. The van der Waals surface area contributed by atoms with Gasteiger partial charge in [0.25, 0.3) is 0 Å². The number of rotatable bonds is 2. The van der Waals surface area contributed by atoms with Gasteiger partial charge in [-0.3, -0.25) is 0 Å². The van der Waals surface area contributed by atoms with E-state index in [0.29, 0.717) is 6.04 Å². The third-order valence-electron chi connectivity index (χ3n) is 0.883. The third-order valence-corrected chi connectivity index (χ3v) is 0.883. The van der Waals surface area contributed by atoms with Gasteiger partial charge in [-0.1, -0.05) is 12.8 Å². The van der Waals surface area contributed by atoms with Crippen molar-refractivity contribution < 1.29 is 0 Å². The average molecular weight is 99.1 g/mol. The van der Waals surface area contributed by atoms with Gasteiger partial charge in [-0.25, -0.2) is 0 Å². The molecule has 0 radical (unpaired) electrons. The molecule has 1 saturated carbocycles. The van der Waals surface area contributed by atoms with Crippen LogP contribution in [0.5, 0.6) is 0 Å². The zero-order valence-corrected chi connectivity index (χ0v) is 4.39. The van der Waals surface area contributed by atoms with Crippen molar-refractivity contribution >= 4 is 0 Å². The third kappa shape index (κ3) is 1.87. The van der Waals surface area contributed by atoms with Crippen molar-refractivity contribution in [3.8, 4) is 0 Å². The summed E-state index contributed by atoms with van der Waals surface area (Å²) in [6.07, 6.45) is 2.37. The first kappa shape index (κ1) is 5.03. The second-order valence-corrected chi connectivity index (χ2v) is 1.87. The van der Waals surface area contributed by atoms with E-state index < -0.39 is 0 Å². The van der Waals surface area contributed by atoms with Crippen LogP contribution in [-0.4, -0.2) is 18.2 Å². The molecule has 0 amide bonds. The molecule has 0 aliphatic heterocycles. The largest absolute Gasteiger partial charge is 0.629 e. The van der Waals surface area contributed by atoms with Crippen LogP contribution in [-0.2, 0) is 0 Å². The standard InChI is InChI=1S/C4H9N3/c1-7(5)6-4-2-3-4/h4-5H,2-3H2,1H3/q-2. The van der Waals surface area contributed by atoms with Gasteiger partial charge in [0.2, 0.25) is 0 Å². The van der Waals surface area contributed by atoms with Crippen molar-refractivity contribution in [1.29, 1.82) is 0 Å². The predicted molar refractivity (Wildman–Crippen MR) is 28.5 cm³/mol. The Labute approximate surface area is 43.4 Å². The second kappa shape index (κ2) is 1.78. The topological polar surface area (TPSA) is 41.1 Å². The highest BCUT2D eigenvalue weighted by molar-refractivity contribution is 4.98. The first-order valence-electron chi connectivity index (χ1n) is 2.45. The summed E-state index contributed by atoms with van der Waals surface area (Å²) >= 11 is 0. The molecule has 0 saturated heterocycles. The fraction of sp³-hybridized carbons (Fsp3) is 1.00. The summed E-state index contributed by atoms with van der Waals surface area (Å²) in [5.41, 5.74) is 3.89. The van der Waals surface area contributed by atoms with Gasteiger partial charge in [0, 0.05) is 0 Å². The van der Waals surface area contributed by atoms with Crippen LogP contribution < -0.4 is 0 Å². The molecule has 0 atom stereocenters. The normalized spacial score (nSPS) is 21.0. The van der Waals surface area contributed by atoms with Gasteiger partial charge in [-0.05, 0) is 7.05 Å². The van der Waals surface area contributed by atoms with Crippen LogP contribution in [0.1, 0.15) is 12.8 Å². The maximum atomic E-state index is 6.81. The highest BCUT2D eigenvalue weighted by atomic mass is 15.7. The SMILES string of the molecule is CN([NH-])[N-]C1CC1. The number of nitrogens with one attached hydrogen (secondary N) is 1. The molecule has 0 heterocycles. The average Bonchev–Trinajstić information content (AvgIpc) is 2.17. The summed E-state index contributed by atoms with van der Waals surface area (Å²) < 4.78 is 0. The predicted octanol–water partition coefficient (Wildman–Crippen LogP) is 1.34. The summed E-state index contributed by atoms with van der Waals surface area (Å²) in [6.45, 7) is 0. The van der Waals surface area contributed by atoms with Crippen LogP contribution in [0.25, 0.3) is 11.3 Å². The molecule has 3 nitrogen and oxygen atoms in total. The molecule has 0 unspecified atom stereocenters. The number of nitrogens with zero attached hydrogens (tertiary/aromatic N) is 2. The molecule has 1 rings (SSSR count). The maximum absolute atomic E-state index is 6.81. The molecule has 1 N–H and O–H groups in total. The second-order valence-electron chi connectivity index (χ2n) is 1.87. The van der Waals surface area contributed by atoms with Gasteiger partial charge in [-0.2, -0.15) is 0 Å². The van der Waals surface area contributed by atoms with Crippen molar-refractivity contribution in [3.63, 3.8) is 0 Å². The van der Waals surface area contributed by atoms with Gasteiger partial charge in [0.05, 0.1) is 0 Å². The number of hydrogen-bond donors (Lipinski definition) is 0. The van der Waals surface area contributed by atoms with Crippen molar-refractivity contribution in [3.05, 3.63) is 11.3 Å². The van der Waals surface area contributed by atoms with Gasteiger partial charge in [0.15, 0.2) is 0 Å². The molecule has 0 aromatic rings. The van der Waals surface area contributed by atoms with Crippen molar-refractivity contribution in [1.82, 2.24) is 5.12 Å². The zero-order chi connectivity index (χ0) is 5.28. The minimum absolute atomic E-state index is 0.488. The summed E-state index contributed by atoms with van der Waals surface area (Å²) in [5.74, 6) is 6.81. The summed E-state index contributed by atoms with van der Waals surface area (Å²) in [7, 11) is 1.64. The molecule has 0 aromatic carbocycles. The Balaban J connectivity index is 1.97. The highest BCUT2D eigenvalue weighted by Crippen LogP contribution is 2.28. The van der Waals surface area contributed by atoms with Crippen LogP contribution >= 0.6 is 0 Å². The molecule has 0 bridgehead atoms. The van der Waals surface area contributed by atoms with E-state index in [2.05, 4.69) is 5.43 Å².